The lowest BCUT2D eigenvalue weighted by atomic mass is 9.94. The van der Waals surface area contributed by atoms with E-state index in [-0.39, 0.29) is 17.7 Å². The summed E-state index contributed by atoms with van der Waals surface area (Å²) in [5.74, 6) is -0.760. The van der Waals surface area contributed by atoms with Crippen LogP contribution < -0.4 is 5.32 Å². The zero-order chi connectivity index (χ0) is 18.0. The van der Waals surface area contributed by atoms with Crippen molar-refractivity contribution < 1.29 is 14.4 Å². The third-order valence-electron chi connectivity index (χ3n) is 4.23. The number of hydrogen-bond acceptors (Lipinski definition) is 3. The molecule has 3 amide bonds. The molecule has 0 saturated carbocycles. The Labute approximate surface area is 153 Å². The first-order chi connectivity index (χ1) is 12.0. The van der Waals surface area contributed by atoms with Crippen LogP contribution in [0.5, 0.6) is 0 Å². The summed E-state index contributed by atoms with van der Waals surface area (Å²) in [5, 5.41) is 4.25. The molecule has 0 aromatic heterocycles. The highest BCUT2D eigenvalue weighted by Gasteiger charge is 2.32. The average molecular weight is 401 g/mol. The zero-order valence-corrected chi connectivity index (χ0v) is 15.1. The highest BCUT2D eigenvalue weighted by Crippen LogP contribution is 2.34. The molecular weight excluding hydrogens is 384 g/mol. The van der Waals surface area contributed by atoms with Gasteiger partial charge in [-0.05, 0) is 42.5 Å². The number of rotatable bonds is 6. The molecule has 0 aliphatic carbocycles. The average Bonchev–Trinajstić information content (AvgIpc) is 2.62. The molecule has 3 rings (SSSR count). The van der Waals surface area contributed by atoms with E-state index in [2.05, 4.69) is 27.8 Å². The molecule has 5 nitrogen and oxygen atoms in total. The minimum absolute atomic E-state index is 0.226. The topological polar surface area (TPSA) is 66.5 Å². The first kappa shape index (κ1) is 17.4. The summed E-state index contributed by atoms with van der Waals surface area (Å²) in [4.78, 5) is 37.9. The molecular formula is C19H17BrN2O3. The van der Waals surface area contributed by atoms with Gasteiger partial charge in [-0.1, -0.05) is 34.6 Å². The third kappa shape index (κ3) is 3.22. The van der Waals surface area contributed by atoms with Crippen LogP contribution in [0.3, 0.4) is 0 Å². The Hall–Kier alpha value is -2.47. The van der Waals surface area contributed by atoms with Crippen molar-refractivity contribution in [1.82, 2.24) is 10.2 Å². The smallest absolute Gasteiger partial charge is 0.261 e. The molecule has 1 aliphatic heterocycles. The second-order valence-electron chi connectivity index (χ2n) is 5.79. The summed E-state index contributed by atoms with van der Waals surface area (Å²) >= 11 is 3.47. The van der Waals surface area contributed by atoms with Gasteiger partial charge in [0, 0.05) is 34.1 Å². The zero-order valence-electron chi connectivity index (χ0n) is 13.5. The molecule has 6 heteroatoms. The van der Waals surface area contributed by atoms with Crippen molar-refractivity contribution in [2.24, 2.45) is 0 Å². The Bertz CT molecular complexity index is 869. The van der Waals surface area contributed by atoms with Crippen molar-refractivity contribution in [2.75, 3.05) is 13.1 Å². The lowest BCUT2D eigenvalue weighted by Crippen LogP contribution is -2.41. The number of halogens is 1. The normalized spacial score (nSPS) is 13.2. The van der Waals surface area contributed by atoms with Gasteiger partial charge in [0.2, 0.25) is 5.91 Å². The van der Waals surface area contributed by atoms with Gasteiger partial charge in [0.05, 0.1) is 0 Å². The van der Waals surface area contributed by atoms with Crippen molar-refractivity contribution in [3.63, 3.8) is 0 Å². The molecule has 0 spiro atoms. The van der Waals surface area contributed by atoms with Crippen molar-refractivity contribution in [2.45, 2.75) is 12.8 Å². The van der Waals surface area contributed by atoms with Crippen molar-refractivity contribution in [1.29, 1.82) is 0 Å². The van der Waals surface area contributed by atoms with Gasteiger partial charge in [-0.3, -0.25) is 19.3 Å². The summed E-state index contributed by atoms with van der Waals surface area (Å²) in [6, 6.07) is 9.05. The Balaban J connectivity index is 1.77. The second kappa shape index (κ2) is 7.19. The van der Waals surface area contributed by atoms with E-state index in [1.165, 1.54) is 11.0 Å². The van der Waals surface area contributed by atoms with Crippen LogP contribution in [0.2, 0.25) is 0 Å². The largest absolute Gasteiger partial charge is 0.353 e. The summed E-state index contributed by atoms with van der Waals surface area (Å²) < 4.78 is 0.861. The minimum Gasteiger partial charge on any atom is -0.353 e. The molecule has 2 aromatic carbocycles. The Morgan fingerprint density at radius 1 is 1.12 bits per heavy atom. The molecule has 0 bridgehead atoms. The molecule has 0 atom stereocenters. The molecule has 1 heterocycles. The lowest BCUT2D eigenvalue weighted by Gasteiger charge is -2.27. The van der Waals surface area contributed by atoms with E-state index in [0.29, 0.717) is 42.4 Å². The van der Waals surface area contributed by atoms with E-state index in [9.17, 15) is 14.4 Å². The third-order valence-corrected chi connectivity index (χ3v) is 4.92. The number of nitrogens with zero attached hydrogens (tertiary/aromatic N) is 1. The first-order valence-electron chi connectivity index (χ1n) is 8.02. The van der Waals surface area contributed by atoms with Gasteiger partial charge in [-0.25, -0.2) is 0 Å². The molecule has 1 N–H and O–H groups in total. The van der Waals surface area contributed by atoms with Crippen LogP contribution in [-0.4, -0.2) is 35.7 Å². The van der Waals surface area contributed by atoms with Crippen molar-refractivity contribution in [3.05, 3.63) is 58.6 Å². The van der Waals surface area contributed by atoms with E-state index in [4.69, 9.17) is 0 Å². The number of carbonyl (C=O) groups excluding carboxylic acids is 3. The molecule has 0 fully saturated rings. The summed E-state index contributed by atoms with van der Waals surface area (Å²) in [6.07, 6.45) is 2.51. The van der Waals surface area contributed by atoms with E-state index in [0.717, 1.165) is 9.86 Å². The fourth-order valence-corrected chi connectivity index (χ4v) is 3.45. The molecule has 0 unspecified atom stereocenters. The lowest BCUT2D eigenvalue weighted by molar-refractivity contribution is -0.116. The molecule has 0 saturated heterocycles. The Kier molecular flexibility index (Phi) is 4.99. The Morgan fingerprint density at radius 3 is 2.56 bits per heavy atom. The van der Waals surface area contributed by atoms with E-state index < -0.39 is 0 Å². The number of hydrogen-bond donors (Lipinski definition) is 1. The van der Waals surface area contributed by atoms with Gasteiger partial charge in [0.25, 0.3) is 11.8 Å². The van der Waals surface area contributed by atoms with Crippen LogP contribution in [0.15, 0.2) is 47.5 Å². The van der Waals surface area contributed by atoms with Crippen LogP contribution in [0.1, 0.15) is 33.6 Å². The van der Waals surface area contributed by atoms with E-state index >= 15 is 0 Å². The van der Waals surface area contributed by atoms with Crippen LogP contribution in [0.25, 0.3) is 10.8 Å². The second-order valence-corrected chi connectivity index (χ2v) is 6.64. The fourth-order valence-electron chi connectivity index (χ4n) is 2.99. The molecule has 25 heavy (non-hydrogen) atoms. The highest BCUT2D eigenvalue weighted by molar-refractivity contribution is 9.10. The van der Waals surface area contributed by atoms with Crippen LogP contribution in [-0.2, 0) is 4.79 Å². The maximum atomic E-state index is 12.8. The van der Waals surface area contributed by atoms with Crippen LogP contribution >= 0.6 is 15.9 Å². The van der Waals surface area contributed by atoms with Gasteiger partial charge < -0.3 is 5.32 Å². The minimum atomic E-state index is -0.267. The number of carbonyl (C=O) groups is 3. The SMILES string of the molecule is C=CC(=O)NCCCCN1C(=O)c2cccc3c(Br)ccc(c23)C1=O. The highest BCUT2D eigenvalue weighted by atomic mass is 79.9. The predicted molar refractivity (Wildman–Crippen MR) is 99.5 cm³/mol. The number of imide groups is 1. The summed E-state index contributed by atoms with van der Waals surface area (Å²) in [5.41, 5.74) is 1.10. The predicted octanol–water partition coefficient (Wildman–Crippen LogP) is 3.28. The molecule has 128 valence electrons. The Morgan fingerprint density at radius 2 is 1.84 bits per heavy atom. The molecule has 1 aliphatic rings. The van der Waals surface area contributed by atoms with Gasteiger partial charge in [-0.2, -0.15) is 0 Å². The molecule has 0 radical (unpaired) electrons. The number of unbranched alkanes of at least 4 members (excludes halogenated alkanes) is 1. The van der Waals surface area contributed by atoms with Gasteiger partial charge in [0.15, 0.2) is 0 Å². The first-order valence-corrected chi connectivity index (χ1v) is 8.81. The number of nitrogens with one attached hydrogen (secondary N) is 1. The summed E-state index contributed by atoms with van der Waals surface area (Å²) in [6.45, 7) is 4.20. The van der Waals surface area contributed by atoms with E-state index in [1.807, 2.05) is 18.2 Å². The van der Waals surface area contributed by atoms with Gasteiger partial charge in [0.1, 0.15) is 0 Å². The maximum absolute atomic E-state index is 12.8. The van der Waals surface area contributed by atoms with Gasteiger partial charge in [-0.15, -0.1) is 0 Å². The van der Waals surface area contributed by atoms with E-state index in [1.54, 1.807) is 12.1 Å². The van der Waals surface area contributed by atoms with Crippen molar-refractivity contribution in [3.8, 4) is 0 Å². The summed E-state index contributed by atoms with van der Waals surface area (Å²) in [7, 11) is 0. The standard InChI is InChI=1S/C19H17BrN2O3/c1-2-16(23)21-10-3-4-11-22-18(24)13-7-5-6-12-15(20)9-8-14(17(12)13)19(22)25/h2,5-9H,1,3-4,10-11H2,(H,21,23). The number of amides is 3. The monoisotopic (exact) mass is 400 g/mol. The van der Waals surface area contributed by atoms with Crippen LogP contribution in [0.4, 0.5) is 0 Å². The number of benzene rings is 2. The maximum Gasteiger partial charge on any atom is 0.261 e. The van der Waals surface area contributed by atoms with Crippen LogP contribution in [0, 0.1) is 0 Å². The van der Waals surface area contributed by atoms with Crippen molar-refractivity contribution >= 4 is 44.4 Å². The van der Waals surface area contributed by atoms with Gasteiger partial charge >= 0.3 is 0 Å². The quantitative estimate of drug-likeness (QED) is 0.459. The fraction of sp³-hybridized carbons (Fsp3) is 0.211. The molecule has 2 aromatic rings.